The number of piperazine rings is 1. The van der Waals surface area contributed by atoms with Crippen molar-refractivity contribution >= 4 is 23.4 Å². The summed E-state index contributed by atoms with van der Waals surface area (Å²) in [5, 5.41) is 4.55. The Kier molecular flexibility index (Phi) is 5.58. The summed E-state index contributed by atoms with van der Waals surface area (Å²) in [6.07, 6.45) is 0. The average molecular weight is 457 g/mol. The fourth-order valence-electron chi connectivity index (χ4n) is 4.43. The largest absolute Gasteiger partial charge is 0.339 e. The van der Waals surface area contributed by atoms with Gasteiger partial charge in [-0.3, -0.25) is 19.2 Å². The van der Waals surface area contributed by atoms with Crippen molar-refractivity contribution in [2.75, 3.05) is 26.2 Å². The molecule has 0 aliphatic carbocycles. The Morgan fingerprint density at radius 3 is 2.21 bits per heavy atom. The molecule has 0 atom stereocenters. The molecule has 0 aromatic carbocycles. The third kappa shape index (κ3) is 3.91. The first-order chi connectivity index (χ1) is 15.4. The third-order valence-electron chi connectivity index (χ3n) is 6.53. The summed E-state index contributed by atoms with van der Waals surface area (Å²) >= 11 is 0. The van der Waals surface area contributed by atoms with Crippen molar-refractivity contribution in [2.45, 2.75) is 66.1 Å². The van der Waals surface area contributed by atoms with Crippen LogP contribution in [0.15, 0.2) is 10.9 Å². The number of rotatable bonds is 3. The van der Waals surface area contributed by atoms with E-state index in [1.165, 1.54) is 11.4 Å². The van der Waals surface area contributed by atoms with Crippen LogP contribution in [0.1, 0.15) is 63.3 Å². The van der Waals surface area contributed by atoms with Gasteiger partial charge in [0.1, 0.15) is 17.9 Å². The van der Waals surface area contributed by atoms with E-state index >= 15 is 0 Å². The fraction of sp³-hybridized carbons (Fsp3) is 0.609. The number of carbonyl (C=O) groups excluding carboxylic acids is 3. The highest BCUT2D eigenvalue weighted by atomic mass is 16.2. The number of aromatic nitrogens is 3. The maximum atomic E-state index is 13.3. The van der Waals surface area contributed by atoms with Crippen molar-refractivity contribution in [3.8, 4) is 0 Å². The monoisotopic (exact) mass is 456 g/mol. The minimum Gasteiger partial charge on any atom is -0.339 e. The van der Waals surface area contributed by atoms with Crippen LogP contribution >= 0.6 is 0 Å². The Hall–Kier alpha value is -3.17. The Bertz CT molecular complexity index is 1190. The van der Waals surface area contributed by atoms with E-state index in [0.29, 0.717) is 43.1 Å². The third-order valence-corrected chi connectivity index (χ3v) is 6.53. The zero-order valence-electron chi connectivity index (χ0n) is 20.2. The molecule has 0 unspecified atom stereocenters. The molecular weight excluding hydrogens is 424 g/mol. The van der Waals surface area contributed by atoms with Crippen LogP contribution in [-0.2, 0) is 28.1 Å². The molecule has 178 valence electrons. The standard InChI is InChI=1S/C23H32N6O4/c1-14(2)27-12-16-20(22(27)33)28(13-19(31)26-9-7-25(8-10-26)15(3)30)18-11-17(23(4,5)6)24-29(18)21(16)32/h11,14H,7-10,12-13H2,1-6H3. The normalized spacial score (nSPS) is 16.8. The van der Waals surface area contributed by atoms with Crippen molar-refractivity contribution in [3.05, 3.63) is 33.4 Å². The molecule has 2 aromatic rings. The highest BCUT2D eigenvalue weighted by molar-refractivity contribution is 5.98. The predicted octanol–water partition coefficient (Wildman–Crippen LogP) is 0.848. The van der Waals surface area contributed by atoms with E-state index in [0.717, 1.165) is 0 Å². The lowest BCUT2D eigenvalue weighted by Gasteiger charge is -2.34. The quantitative estimate of drug-likeness (QED) is 0.682. The lowest BCUT2D eigenvalue weighted by Crippen LogP contribution is -2.51. The lowest BCUT2D eigenvalue weighted by molar-refractivity contribution is -0.138. The Morgan fingerprint density at radius 2 is 1.67 bits per heavy atom. The summed E-state index contributed by atoms with van der Waals surface area (Å²) in [5.41, 5.74) is 1.19. The van der Waals surface area contributed by atoms with Gasteiger partial charge in [-0.2, -0.15) is 9.61 Å². The second-order valence-electron chi connectivity index (χ2n) is 10.2. The molecule has 33 heavy (non-hydrogen) atoms. The van der Waals surface area contributed by atoms with Crippen molar-refractivity contribution in [1.82, 2.24) is 28.9 Å². The average Bonchev–Trinajstić information content (AvgIpc) is 3.34. The molecule has 0 N–H and O–H groups in total. The van der Waals surface area contributed by atoms with Gasteiger partial charge in [0.15, 0.2) is 0 Å². The first-order valence-corrected chi connectivity index (χ1v) is 11.4. The number of hydrogen-bond donors (Lipinski definition) is 0. The molecule has 4 heterocycles. The number of carbonyl (C=O) groups is 3. The number of amides is 3. The molecule has 1 fully saturated rings. The summed E-state index contributed by atoms with van der Waals surface area (Å²) in [5.74, 6) is -0.400. The minimum absolute atomic E-state index is 0.00428. The minimum atomic E-state index is -0.314. The molecule has 1 saturated heterocycles. The van der Waals surface area contributed by atoms with Crippen LogP contribution in [0.3, 0.4) is 0 Å². The number of fused-ring (bicyclic) bond motifs is 2. The van der Waals surface area contributed by atoms with Gasteiger partial charge in [-0.05, 0) is 13.8 Å². The Labute approximate surface area is 192 Å². The zero-order chi connectivity index (χ0) is 24.2. The summed E-state index contributed by atoms with van der Waals surface area (Å²) < 4.78 is 2.99. The summed E-state index contributed by atoms with van der Waals surface area (Å²) in [6.45, 7) is 13.3. The van der Waals surface area contributed by atoms with Gasteiger partial charge in [0.2, 0.25) is 11.8 Å². The predicted molar refractivity (Wildman–Crippen MR) is 122 cm³/mol. The molecule has 3 amide bonds. The van der Waals surface area contributed by atoms with Gasteiger partial charge in [0, 0.05) is 50.6 Å². The molecule has 10 heteroatoms. The van der Waals surface area contributed by atoms with Gasteiger partial charge in [0.25, 0.3) is 11.5 Å². The first kappa shape index (κ1) is 23.0. The zero-order valence-corrected chi connectivity index (χ0v) is 20.2. The number of hydrogen-bond acceptors (Lipinski definition) is 5. The van der Waals surface area contributed by atoms with Crippen LogP contribution in [0.2, 0.25) is 0 Å². The van der Waals surface area contributed by atoms with Crippen LogP contribution in [0, 0.1) is 0 Å². The lowest BCUT2D eigenvalue weighted by atomic mass is 9.93. The van der Waals surface area contributed by atoms with E-state index in [1.807, 2.05) is 34.6 Å². The molecule has 0 bridgehead atoms. The van der Waals surface area contributed by atoms with E-state index in [9.17, 15) is 19.2 Å². The molecule has 2 aliphatic heterocycles. The van der Waals surface area contributed by atoms with Gasteiger partial charge < -0.3 is 19.3 Å². The van der Waals surface area contributed by atoms with Crippen molar-refractivity contribution < 1.29 is 14.4 Å². The van der Waals surface area contributed by atoms with Crippen molar-refractivity contribution in [3.63, 3.8) is 0 Å². The van der Waals surface area contributed by atoms with Crippen LogP contribution in [0.4, 0.5) is 0 Å². The van der Waals surface area contributed by atoms with Gasteiger partial charge >= 0.3 is 0 Å². The maximum Gasteiger partial charge on any atom is 0.280 e. The topological polar surface area (TPSA) is 100 Å². The molecule has 4 rings (SSSR count). The highest BCUT2D eigenvalue weighted by Gasteiger charge is 2.37. The smallest absolute Gasteiger partial charge is 0.280 e. The maximum absolute atomic E-state index is 13.3. The van der Waals surface area contributed by atoms with Gasteiger partial charge in [0.05, 0.1) is 17.8 Å². The van der Waals surface area contributed by atoms with Crippen LogP contribution in [0.25, 0.3) is 5.65 Å². The molecular formula is C23H32N6O4. The molecule has 0 radical (unpaired) electrons. The van der Waals surface area contributed by atoms with Crippen LogP contribution in [-0.4, -0.2) is 78.8 Å². The van der Waals surface area contributed by atoms with Crippen molar-refractivity contribution in [2.24, 2.45) is 0 Å². The Morgan fingerprint density at radius 1 is 1.06 bits per heavy atom. The van der Waals surface area contributed by atoms with E-state index in [-0.39, 0.29) is 53.5 Å². The van der Waals surface area contributed by atoms with Crippen LogP contribution in [0.5, 0.6) is 0 Å². The second-order valence-corrected chi connectivity index (χ2v) is 10.2. The molecule has 2 aliphatic rings. The van der Waals surface area contributed by atoms with Crippen LogP contribution < -0.4 is 5.56 Å². The van der Waals surface area contributed by atoms with Gasteiger partial charge in [-0.1, -0.05) is 20.8 Å². The van der Waals surface area contributed by atoms with E-state index < -0.39 is 0 Å². The summed E-state index contributed by atoms with van der Waals surface area (Å²) in [4.78, 5) is 56.5. The fourth-order valence-corrected chi connectivity index (χ4v) is 4.43. The van der Waals surface area contributed by atoms with Crippen molar-refractivity contribution in [1.29, 1.82) is 0 Å². The van der Waals surface area contributed by atoms with E-state index in [2.05, 4.69) is 5.10 Å². The second kappa shape index (κ2) is 8.00. The molecule has 10 nitrogen and oxygen atoms in total. The summed E-state index contributed by atoms with van der Waals surface area (Å²) in [6, 6.07) is 1.72. The first-order valence-electron chi connectivity index (χ1n) is 11.4. The molecule has 0 saturated carbocycles. The molecule has 0 spiro atoms. The van der Waals surface area contributed by atoms with Gasteiger partial charge in [-0.15, -0.1) is 0 Å². The van der Waals surface area contributed by atoms with E-state index in [4.69, 9.17) is 0 Å². The Balaban J connectivity index is 1.78. The highest BCUT2D eigenvalue weighted by Crippen LogP contribution is 2.27. The SMILES string of the molecule is CC(=O)N1CCN(C(=O)Cn2c3c(c(=O)n4nc(C(C)(C)C)cc24)CN(C(C)C)C3=O)CC1. The van der Waals surface area contributed by atoms with E-state index in [1.54, 1.807) is 25.3 Å². The number of nitrogens with zero attached hydrogens (tertiary/aromatic N) is 6. The molecule has 2 aromatic heterocycles. The van der Waals surface area contributed by atoms with Gasteiger partial charge in [-0.25, -0.2) is 0 Å². The summed E-state index contributed by atoms with van der Waals surface area (Å²) in [7, 11) is 0.